The Morgan fingerprint density at radius 3 is 2.75 bits per heavy atom. The molecule has 1 rings (SSSR count). The normalized spacial score (nSPS) is 22.6. The highest BCUT2D eigenvalue weighted by Gasteiger charge is 2.28. The Hall–Kier alpha value is -0.990. The summed E-state index contributed by atoms with van der Waals surface area (Å²) in [7, 11) is 3.85. The number of carbonyl (C=O) groups is 1. The number of cyclic esters (lactones) is 1. The minimum atomic E-state index is -0.130. The summed E-state index contributed by atoms with van der Waals surface area (Å²) in [5.41, 5.74) is 0.811. The van der Waals surface area contributed by atoms with E-state index in [-0.39, 0.29) is 12.1 Å². The lowest BCUT2D eigenvalue weighted by atomic mass is 10.1. The van der Waals surface area contributed by atoms with Gasteiger partial charge in [0.15, 0.2) is 0 Å². The van der Waals surface area contributed by atoms with Crippen molar-refractivity contribution >= 4 is 5.97 Å². The molecule has 3 nitrogen and oxygen atoms in total. The molecule has 16 heavy (non-hydrogen) atoms. The van der Waals surface area contributed by atoms with Crippen molar-refractivity contribution < 1.29 is 9.53 Å². The van der Waals surface area contributed by atoms with Crippen molar-refractivity contribution in [3.63, 3.8) is 0 Å². The zero-order chi connectivity index (χ0) is 12.0. The molecule has 0 aliphatic carbocycles. The molecule has 0 bridgehead atoms. The van der Waals surface area contributed by atoms with E-state index in [2.05, 4.69) is 6.92 Å². The van der Waals surface area contributed by atoms with Gasteiger partial charge < -0.3 is 9.64 Å². The molecule has 0 N–H and O–H groups in total. The summed E-state index contributed by atoms with van der Waals surface area (Å²) in [4.78, 5) is 13.4. The minimum Gasteiger partial charge on any atom is -0.459 e. The molecule has 3 heteroatoms. The molecule has 0 aromatic heterocycles. The highest BCUT2D eigenvalue weighted by molar-refractivity contribution is 5.90. The number of nitrogens with zero attached hydrogens (tertiary/aromatic N) is 1. The molecule has 1 atom stereocenters. The average molecular weight is 225 g/mol. The van der Waals surface area contributed by atoms with Crippen LogP contribution in [-0.4, -0.2) is 31.1 Å². The Bertz CT molecular complexity index is 259. The summed E-state index contributed by atoms with van der Waals surface area (Å²) in [6, 6.07) is 0. The van der Waals surface area contributed by atoms with Crippen LogP contribution in [0.25, 0.3) is 0 Å². The van der Waals surface area contributed by atoms with Crippen molar-refractivity contribution in [2.75, 3.05) is 14.1 Å². The molecule has 0 unspecified atom stereocenters. The first kappa shape index (κ1) is 13.1. The maximum Gasteiger partial charge on any atom is 0.335 e. The molecule has 1 saturated heterocycles. The Morgan fingerprint density at radius 1 is 1.38 bits per heavy atom. The number of rotatable bonds is 6. The SMILES string of the molecule is CCCCCC[C@H]1C/C(=C/N(C)C)C(=O)O1. The molecular weight excluding hydrogens is 202 g/mol. The van der Waals surface area contributed by atoms with Gasteiger partial charge in [-0.25, -0.2) is 4.79 Å². The van der Waals surface area contributed by atoms with Crippen LogP contribution in [0.2, 0.25) is 0 Å². The largest absolute Gasteiger partial charge is 0.459 e. The number of esters is 1. The van der Waals surface area contributed by atoms with E-state index in [4.69, 9.17) is 4.74 Å². The van der Waals surface area contributed by atoms with Crippen LogP contribution in [0.3, 0.4) is 0 Å². The number of unbranched alkanes of at least 4 members (excludes halogenated alkanes) is 3. The predicted octanol–water partition coefficient (Wildman–Crippen LogP) is 2.72. The first-order valence-electron chi connectivity index (χ1n) is 6.21. The first-order valence-corrected chi connectivity index (χ1v) is 6.21. The van der Waals surface area contributed by atoms with Crippen LogP contribution < -0.4 is 0 Å². The van der Waals surface area contributed by atoms with E-state index < -0.39 is 0 Å². The molecule has 0 amide bonds. The quantitative estimate of drug-likeness (QED) is 0.395. The molecule has 1 fully saturated rings. The summed E-state index contributed by atoms with van der Waals surface area (Å²) < 4.78 is 5.32. The topological polar surface area (TPSA) is 29.5 Å². The van der Waals surface area contributed by atoms with Crippen LogP contribution in [0.15, 0.2) is 11.8 Å². The van der Waals surface area contributed by atoms with Gasteiger partial charge in [-0.2, -0.15) is 0 Å². The van der Waals surface area contributed by atoms with Crippen LogP contribution in [0.4, 0.5) is 0 Å². The summed E-state index contributed by atoms with van der Waals surface area (Å²) in [6.45, 7) is 2.20. The lowest BCUT2D eigenvalue weighted by molar-refractivity contribution is -0.139. The van der Waals surface area contributed by atoms with E-state index in [1.807, 2.05) is 25.2 Å². The predicted molar refractivity (Wildman–Crippen MR) is 65.0 cm³/mol. The Labute approximate surface area is 98.5 Å². The van der Waals surface area contributed by atoms with Gasteiger partial charge in [0.25, 0.3) is 0 Å². The van der Waals surface area contributed by atoms with E-state index in [0.29, 0.717) is 0 Å². The first-order chi connectivity index (χ1) is 7.63. The van der Waals surface area contributed by atoms with E-state index in [0.717, 1.165) is 18.4 Å². The molecule has 0 radical (unpaired) electrons. The molecule has 1 heterocycles. The molecule has 0 aromatic carbocycles. The number of carbonyl (C=O) groups excluding carboxylic acids is 1. The molecular formula is C13H23NO2. The van der Waals surface area contributed by atoms with Gasteiger partial charge in [0.1, 0.15) is 6.10 Å². The second kappa shape index (κ2) is 6.56. The van der Waals surface area contributed by atoms with Gasteiger partial charge in [-0.15, -0.1) is 0 Å². The monoisotopic (exact) mass is 225 g/mol. The Kier molecular flexibility index (Phi) is 5.36. The Morgan fingerprint density at radius 2 is 2.12 bits per heavy atom. The van der Waals surface area contributed by atoms with Gasteiger partial charge in [-0.3, -0.25) is 0 Å². The molecule has 1 aliphatic heterocycles. The third-order valence-corrected chi connectivity index (χ3v) is 2.78. The smallest absolute Gasteiger partial charge is 0.335 e. The van der Waals surface area contributed by atoms with E-state index >= 15 is 0 Å². The summed E-state index contributed by atoms with van der Waals surface area (Å²) in [5, 5.41) is 0. The highest BCUT2D eigenvalue weighted by atomic mass is 16.5. The maximum atomic E-state index is 11.5. The summed E-state index contributed by atoms with van der Waals surface area (Å²) >= 11 is 0. The van der Waals surface area contributed by atoms with Gasteiger partial charge in [-0.05, 0) is 12.8 Å². The average Bonchev–Trinajstić information content (AvgIpc) is 2.54. The summed E-state index contributed by atoms with van der Waals surface area (Å²) in [5.74, 6) is -0.130. The van der Waals surface area contributed by atoms with Crippen LogP contribution in [0.1, 0.15) is 45.4 Å². The lowest BCUT2D eigenvalue weighted by Gasteiger charge is -2.07. The van der Waals surface area contributed by atoms with Crippen LogP contribution in [0.5, 0.6) is 0 Å². The van der Waals surface area contributed by atoms with Crippen molar-refractivity contribution in [3.8, 4) is 0 Å². The van der Waals surface area contributed by atoms with Crippen molar-refractivity contribution in [2.24, 2.45) is 0 Å². The van der Waals surface area contributed by atoms with Gasteiger partial charge in [0, 0.05) is 26.7 Å². The number of hydrogen-bond donors (Lipinski definition) is 0. The second-order valence-electron chi connectivity index (χ2n) is 4.70. The standard InChI is InChI=1S/C13H23NO2/c1-4-5-6-7-8-12-9-11(10-14(2)3)13(15)16-12/h10,12H,4-9H2,1-3H3/b11-10-/t12-/m0/s1. The molecule has 92 valence electrons. The second-order valence-corrected chi connectivity index (χ2v) is 4.70. The van der Waals surface area contributed by atoms with Crippen molar-refractivity contribution in [3.05, 3.63) is 11.8 Å². The van der Waals surface area contributed by atoms with Gasteiger partial charge in [-0.1, -0.05) is 26.2 Å². The molecule has 0 saturated carbocycles. The molecule has 0 aromatic rings. The minimum absolute atomic E-state index is 0.121. The lowest BCUT2D eigenvalue weighted by Crippen LogP contribution is -2.06. The highest BCUT2D eigenvalue weighted by Crippen LogP contribution is 2.24. The zero-order valence-corrected chi connectivity index (χ0v) is 10.7. The van der Waals surface area contributed by atoms with Crippen LogP contribution in [-0.2, 0) is 9.53 Å². The third kappa shape index (κ3) is 4.25. The number of ether oxygens (including phenoxy) is 1. The van der Waals surface area contributed by atoms with Gasteiger partial charge in [0.2, 0.25) is 0 Å². The van der Waals surface area contributed by atoms with E-state index in [1.54, 1.807) is 0 Å². The fourth-order valence-electron chi connectivity index (χ4n) is 1.97. The molecule has 1 aliphatic rings. The third-order valence-electron chi connectivity index (χ3n) is 2.78. The van der Waals surface area contributed by atoms with Crippen molar-refractivity contribution in [1.82, 2.24) is 4.90 Å². The summed E-state index contributed by atoms with van der Waals surface area (Å²) in [6.07, 6.45) is 8.72. The van der Waals surface area contributed by atoms with E-state index in [1.165, 1.54) is 25.7 Å². The van der Waals surface area contributed by atoms with Crippen molar-refractivity contribution in [2.45, 2.75) is 51.6 Å². The molecule has 0 spiro atoms. The maximum absolute atomic E-state index is 11.5. The number of hydrogen-bond acceptors (Lipinski definition) is 3. The van der Waals surface area contributed by atoms with E-state index in [9.17, 15) is 4.79 Å². The fourth-order valence-corrected chi connectivity index (χ4v) is 1.97. The van der Waals surface area contributed by atoms with Gasteiger partial charge >= 0.3 is 5.97 Å². The Balaban J connectivity index is 2.30. The zero-order valence-electron chi connectivity index (χ0n) is 10.7. The van der Waals surface area contributed by atoms with Crippen molar-refractivity contribution in [1.29, 1.82) is 0 Å². The van der Waals surface area contributed by atoms with Crippen LogP contribution in [0, 0.1) is 0 Å². The van der Waals surface area contributed by atoms with Crippen LogP contribution >= 0.6 is 0 Å². The van der Waals surface area contributed by atoms with Gasteiger partial charge in [0.05, 0.1) is 5.57 Å². The fraction of sp³-hybridized carbons (Fsp3) is 0.769.